The zero-order valence-corrected chi connectivity index (χ0v) is 20.8. The molecule has 0 unspecified atom stereocenters. The second-order valence-electron chi connectivity index (χ2n) is 8.27. The molecule has 0 atom stereocenters. The summed E-state index contributed by atoms with van der Waals surface area (Å²) in [6, 6.07) is 19.5. The molecule has 0 aliphatic heterocycles. The van der Waals surface area contributed by atoms with Crippen molar-refractivity contribution in [3.05, 3.63) is 98.6 Å². The van der Waals surface area contributed by atoms with Crippen LogP contribution in [0.15, 0.2) is 71.3 Å². The van der Waals surface area contributed by atoms with Crippen LogP contribution in [0.5, 0.6) is 0 Å². The van der Waals surface area contributed by atoms with Gasteiger partial charge >= 0.3 is 0 Å². The summed E-state index contributed by atoms with van der Waals surface area (Å²) in [6.07, 6.45) is 1.93. The van der Waals surface area contributed by atoms with Crippen LogP contribution in [0.3, 0.4) is 0 Å². The summed E-state index contributed by atoms with van der Waals surface area (Å²) < 4.78 is 0.975. The van der Waals surface area contributed by atoms with E-state index in [-0.39, 0.29) is 5.91 Å². The highest BCUT2D eigenvalue weighted by Crippen LogP contribution is 2.34. The van der Waals surface area contributed by atoms with Gasteiger partial charge in [0.25, 0.3) is 5.91 Å². The molecule has 5 aromatic rings. The SMILES string of the molecule is Cc1cc(Cl)cc2c(C(=O)NCc3ccc(CN)cc3)cc(-c3c[nH]c4ccc(Br)cc34)nc12. The lowest BCUT2D eigenvalue weighted by Crippen LogP contribution is -2.23. The minimum Gasteiger partial charge on any atom is -0.360 e. The Kier molecular flexibility index (Phi) is 6.13. The van der Waals surface area contributed by atoms with E-state index in [0.29, 0.717) is 23.7 Å². The van der Waals surface area contributed by atoms with Crippen LogP contribution in [0.4, 0.5) is 0 Å². The van der Waals surface area contributed by atoms with Gasteiger partial charge in [-0.25, -0.2) is 4.98 Å². The monoisotopic (exact) mass is 532 g/mol. The first-order valence-electron chi connectivity index (χ1n) is 10.9. The molecule has 0 saturated heterocycles. The molecule has 0 spiro atoms. The Morgan fingerprint density at radius 3 is 2.59 bits per heavy atom. The van der Waals surface area contributed by atoms with E-state index in [4.69, 9.17) is 22.3 Å². The lowest BCUT2D eigenvalue weighted by molar-refractivity contribution is 0.0952. The molecule has 3 aromatic carbocycles. The first kappa shape index (κ1) is 22.6. The van der Waals surface area contributed by atoms with Crippen LogP contribution in [0, 0.1) is 6.92 Å². The van der Waals surface area contributed by atoms with Crippen molar-refractivity contribution in [2.45, 2.75) is 20.0 Å². The van der Waals surface area contributed by atoms with Gasteiger partial charge in [0, 0.05) is 50.6 Å². The van der Waals surface area contributed by atoms with Gasteiger partial charge in [-0.2, -0.15) is 0 Å². The summed E-state index contributed by atoms with van der Waals surface area (Å²) in [5.41, 5.74) is 12.6. The van der Waals surface area contributed by atoms with Crippen LogP contribution < -0.4 is 11.1 Å². The Hall–Kier alpha value is -3.19. The van der Waals surface area contributed by atoms with Crippen LogP contribution in [0.2, 0.25) is 5.02 Å². The molecule has 4 N–H and O–H groups in total. The lowest BCUT2D eigenvalue weighted by Gasteiger charge is -2.13. The molecular weight excluding hydrogens is 512 g/mol. The fourth-order valence-electron chi connectivity index (χ4n) is 4.16. The average Bonchev–Trinajstić information content (AvgIpc) is 3.25. The van der Waals surface area contributed by atoms with Gasteiger partial charge in [-0.15, -0.1) is 0 Å². The highest BCUT2D eigenvalue weighted by molar-refractivity contribution is 9.10. The maximum atomic E-state index is 13.4. The van der Waals surface area contributed by atoms with Crippen LogP contribution in [0.1, 0.15) is 27.0 Å². The summed E-state index contributed by atoms with van der Waals surface area (Å²) >= 11 is 9.91. The Morgan fingerprint density at radius 1 is 1.06 bits per heavy atom. The molecule has 7 heteroatoms. The van der Waals surface area contributed by atoms with E-state index in [0.717, 1.165) is 54.2 Å². The molecule has 5 nitrogen and oxygen atoms in total. The Labute approximate surface area is 210 Å². The number of benzene rings is 3. The van der Waals surface area contributed by atoms with E-state index in [2.05, 4.69) is 26.2 Å². The van der Waals surface area contributed by atoms with Gasteiger partial charge < -0.3 is 16.0 Å². The fourth-order valence-corrected chi connectivity index (χ4v) is 4.79. The number of H-pyrrole nitrogens is 1. The van der Waals surface area contributed by atoms with Crippen molar-refractivity contribution >= 4 is 55.2 Å². The molecule has 0 fully saturated rings. The summed E-state index contributed by atoms with van der Waals surface area (Å²) in [5.74, 6) is -0.181. The van der Waals surface area contributed by atoms with Gasteiger partial charge in [0.05, 0.1) is 16.8 Å². The molecule has 0 aliphatic rings. The average molecular weight is 534 g/mol. The zero-order chi connectivity index (χ0) is 23.8. The molecular formula is C27H22BrClN4O. The van der Waals surface area contributed by atoms with Crippen molar-refractivity contribution in [1.82, 2.24) is 15.3 Å². The number of nitrogens with zero attached hydrogens (tertiary/aromatic N) is 1. The number of rotatable bonds is 5. The van der Waals surface area contributed by atoms with Crippen LogP contribution in [-0.4, -0.2) is 15.9 Å². The highest BCUT2D eigenvalue weighted by atomic mass is 79.9. The number of fused-ring (bicyclic) bond motifs is 2. The van der Waals surface area contributed by atoms with Crippen molar-refractivity contribution in [2.75, 3.05) is 0 Å². The standard InChI is InChI=1S/C27H22BrClN4O/c1-15-8-19(29)10-21-22(27(34)32-13-17-4-2-16(12-30)3-5-17)11-25(33-26(15)21)23-14-31-24-7-6-18(28)9-20(23)24/h2-11,14,31H,12-13,30H2,1H3,(H,32,34). The van der Waals surface area contributed by atoms with E-state index in [1.807, 2.05) is 67.7 Å². The summed E-state index contributed by atoms with van der Waals surface area (Å²) in [7, 11) is 0. The number of hydrogen-bond acceptors (Lipinski definition) is 3. The third-order valence-electron chi connectivity index (χ3n) is 5.94. The van der Waals surface area contributed by atoms with Gasteiger partial charge in [-0.05, 0) is 60.0 Å². The molecule has 2 aromatic heterocycles. The van der Waals surface area contributed by atoms with Crippen molar-refractivity contribution in [3.63, 3.8) is 0 Å². The van der Waals surface area contributed by atoms with E-state index in [1.54, 1.807) is 6.07 Å². The second kappa shape index (κ2) is 9.22. The maximum Gasteiger partial charge on any atom is 0.252 e. The van der Waals surface area contributed by atoms with Gasteiger partial charge in [-0.3, -0.25) is 4.79 Å². The predicted molar refractivity (Wildman–Crippen MR) is 142 cm³/mol. The largest absolute Gasteiger partial charge is 0.360 e. The molecule has 0 aliphatic carbocycles. The first-order chi connectivity index (χ1) is 16.4. The van der Waals surface area contributed by atoms with Gasteiger partial charge in [-0.1, -0.05) is 51.8 Å². The number of aromatic amines is 1. The smallest absolute Gasteiger partial charge is 0.252 e. The fraction of sp³-hybridized carbons (Fsp3) is 0.111. The maximum absolute atomic E-state index is 13.4. The number of carbonyl (C=O) groups is 1. The van der Waals surface area contributed by atoms with E-state index in [1.165, 1.54) is 0 Å². The van der Waals surface area contributed by atoms with Crippen molar-refractivity contribution in [3.8, 4) is 11.3 Å². The number of pyridine rings is 1. The Balaban J connectivity index is 1.59. The topological polar surface area (TPSA) is 83.8 Å². The molecule has 0 radical (unpaired) electrons. The number of nitrogens with one attached hydrogen (secondary N) is 2. The number of aromatic nitrogens is 2. The van der Waals surface area contributed by atoms with Crippen molar-refractivity contribution < 1.29 is 4.79 Å². The predicted octanol–water partition coefficient (Wildman–Crippen LogP) is 6.50. The minimum absolute atomic E-state index is 0.181. The van der Waals surface area contributed by atoms with Gasteiger partial charge in [0.2, 0.25) is 0 Å². The summed E-state index contributed by atoms with van der Waals surface area (Å²) in [6.45, 7) is 2.85. The third kappa shape index (κ3) is 4.32. The minimum atomic E-state index is -0.181. The molecule has 5 rings (SSSR count). The number of amides is 1. The quantitative estimate of drug-likeness (QED) is 0.241. The summed E-state index contributed by atoms with van der Waals surface area (Å²) in [4.78, 5) is 21.6. The van der Waals surface area contributed by atoms with Gasteiger partial charge in [0.1, 0.15) is 0 Å². The van der Waals surface area contributed by atoms with E-state index in [9.17, 15) is 4.79 Å². The molecule has 34 heavy (non-hydrogen) atoms. The zero-order valence-electron chi connectivity index (χ0n) is 18.5. The first-order valence-corrected chi connectivity index (χ1v) is 12.0. The van der Waals surface area contributed by atoms with Crippen LogP contribution in [-0.2, 0) is 13.1 Å². The van der Waals surface area contributed by atoms with Crippen LogP contribution >= 0.6 is 27.5 Å². The highest BCUT2D eigenvalue weighted by Gasteiger charge is 2.18. The Bertz CT molecular complexity index is 1540. The Morgan fingerprint density at radius 2 is 1.82 bits per heavy atom. The van der Waals surface area contributed by atoms with E-state index >= 15 is 0 Å². The molecule has 0 saturated carbocycles. The van der Waals surface area contributed by atoms with Gasteiger partial charge in [0.15, 0.2) is 0 Å². The van der Waals surface area contributed by atoms with E-state index < -0.39 is 0 Å². The summed E-state index contributed by atoms with van der Waals surface area (Å²) in [5, 5.41) is 5.37. The van der Waals surface area contributed by atoms with Crippen LogP contribution in [0.25, 0.3) is 33.1 Å². The normalized spacial score (nSPS) is 11.3. The van der Waals surface area contributed by atoms with Crippen molar-refractivity contribution in [1.29, 1.82) is 0 Å². The number of halogens is 2. The number of nitrogens with two attached hydrogens (primary N) is 1. The molecule has 0 bridgehead atoms. The third-order valence-corrected chi connectivity index (χ3v) is 6.66. The number of hydrogen-bond donors (Lipinski definition) is 3. The van der Waals surface area contributed by atoms with Crippen molar-refractivity contribution in [2.24, 2.45) is 5.73 Å². The molecule has 1 amide bonds. The number of aryl methyl sites for hydroxylation is 1. The molecule has 170 valence electrons. The molecule has 2 heterocycles. The number of carbonyl (C=O) groups excluding carboxylic acids is 1. The lowest BCUT2D eigenvalue weighted by atomic mass is 10.0. The second-order valence-corrected chi connectivity index (χ2v) is 9.62.